The maximum absolute atomic E-state index is 3.58. The van der Waals surface area contributed by atoms with Gasteiger partial charge in [0.05, 0.1) is 0 Å². The second-order valence-corrected chi connectivity index (χ2v) is 6.24. The Morgan fingerprint density at radius 2 is 1.89 bits per heavy atom. The van der Waals surface area contributed by atoms with Gasteiger partial charge in [-0.05, 0) is 51.1 Å². The summed E-state index contributed by atoms with van der Waals surface area (Å²) in [7, 11) is 0. The molecule has 2 nitrogen and oxygen atoms in total. The fraction of sp³-hybridized carbons (Fsp3) is 1.00. The molecule has 1 N–H and O–H groups in total. The van der Waals surface area contributed by atoms with Crippen molar-refractivity contribution in [2.45, 2.75) is 77.3 Å². The molecule has 1 aliphatic carbocycles. The van der Waals surface area contributed by atoms with Crippen LogP contribution in [0.25, 0.3) is 0 Å². The van der Waals surface area contributed by atoms with Crippen LogP contribution in [0, 0.1) is 5.92 Å². The number of nitrogens with one attached hydrogen (secondary N) is 1. The third-order valence-corrected chi connectivity index (χ3v) is 5.01. The van der Waals surface area contributed by atoms with Gasteiger partial charge in [0.2, 0.25) is 0 Å². The van der Waals surface area contributed by atoms with Gasteiger partial charge in [0.15, 0.2) is 0 Å². The Kier molecular flexibility index (Phi) is 5.97. The van der Waals surface area contributed by atoms with Crippen LogP contribution in [0.4, 0.5) is 0 Å². The molecule has 2 atom stereocenters. The first-order valence-corrected chi connectivity index (χ1v) is 8.33. The Balaban J connectivity index is 1.93. The zero-order valence-electron chi connectivity index (χ0n) is 12.5. The van der Waals surface area contributed by atoms with E-state index in [9.17, 15) is 0 Å². The largest absolute Gasteiger partial charge is 0.315 e. The minimum atomic E-state index is 0.794. The highest BCUT2D eigenvalue weighted by atomic mass is 15.2. The summed E-state index contributed by atoms with van der Waals surface area (Å²) >= 11 is 0. The molecule has 1 saturated heterocycles. The van der Waals surface area contributed by atoms with Crippen LogP contribution in [0.5, 0.6) is 0 Å². The van der Waals surface area contributed by atoms with Crippen molar-refractivity contribution in [3.8, 4) is 0 Å². The number of hydrogen-bond acceptors (Lipinski definition) is 2. The van der Waals surface area contributed by atoms with Crippen molar-refractivity contribution in [3.05, 3.63) is 0 Å². The molecule has 0 aromatic heterocycles. The minimum absolute atomic E-state index is 0.794. The van der Waals surface area contributed by atoms with Crippen LogP contribution >= 0.6 is 0 Å². The number of likely N-dealkylation sites (tertiary alicyclic amines) is 1. The van der Waals surface area contributed by atoms with Crippen molar-refractivity contribution >= 4 is 0 Å². The molecule has 0 aromatic carbocycles. The van der Waals surface area contributed by atoms with E-state index in [1.54, 1.807) is 0 Å². The van der Waals surface area contributed by atoms with Gasteiger partial charge in [-0.2, -0.15) is 0 Å². The van der Waals surface area contributed by atoms with Crippen LogP contribution in [-0.4, -0.2) is 36.6 Å². The van der Waals surface area contributed by atoms with E-state index >= 15 is 0 Å². The van der Waals surface area contributed by atoms with Gasteiger partial charge in [-0.25, -0.2) is 0 Å². The van der Waals surface area contributed by atoms with Crippen molar-refractivity contribution in [3.63, 3.8) is 0 Å². The summed E-state index contributed by atoms with van der Waals surface area (Å²) in [6.07, 6.45) is 11.6. The second-order valence-electron chi connectivity index (χ2n) is 6.24. The van der Waals surface area contributed by atoms with Gasteiger partial charge in [0.1, 0.15) is 0 Å². The molecule has 106 valence electrons. The highest BCUT2D eigenvalue weighted by Crippen LogP contribution is 2.36. The molecule has 1 saturated carbocycles. The van der Waals surface area contributed by atoms with Crippen molar-refractivity contribution < 1.29 is 0 Å². The first kappa shape index (κ1) is 14.3. The molecular formula is C16H32N2. The molecule has 0 radical (unpaired) electrons. The Labute approximate surface area is 114 Å². The molecule has 18 heavy (non-hydrogen) atoms. The highest BCUT2D eigenvalue weighted by Gasteiger charge is 2.36. The number of hydrogen-bond donors (Lipinski definition) is 1. The van der Waals surface area contributed by atoms with E-state index < -0.39 is 0 Å². The van der Waals surface area contributed by atoms with Gasteiger partial charge < -0.3 is 5.32 Å². The van der Waals surface area contributed by atoms with Gasteiger partial charge in [-0.15, -0.1) is 0 Å². The minimum Gasteiger partial charge on any atom is -0.315 e. The Hall–Kier alpha value is -0.0800. The Morgan fingerprint density at radius 1 is 1.11 bits per heavy atom. The molecular weight excluding hydrogens is 220 g/mol. The maximum Gasteiger partial charge on any atom is 0.0223 e. The van der Waals surface area contributed by atoms with Crippen LogP contribution in [-0.2, 0) is 0 Å². The summed E-state index contributed by atoms with van der Waals surface area (Å²) in [4.78, 5) is 2.88. The predicted molar refractivity (Wildman–Crippen MR) is 78.9 cm³/mol. The molecule has 2 rings (SSSR count). The number of nitrogens with zero attached hydrogens (tertiary/aromatic N) is 1. The molecule has 2 heteroatoms. The third kappa shape index (κ3) is 3.48. The van der Waals surface area contributed by atoms with Crippen LogP contribution in [0.3, 0.4) is 0 Å². The van der Waals surface area contributed by atoms with Crippen LogP contribution < -0.4 is 5.32 Å². The lowest BCUT2D eigenvalue weighted by molar-refractivity contribution is 0.126. The van der Waals surface area contributed by atoms with Crippen LogP contribution in [0.15, 0.2) is 0 Å². The van der Waals surface area contributed by atoms with Crippen LogP contribution in [0.1, 0.15) is 65.2 Å². The average Bonchev–Trinajstić information content (AvgIpc) is 3.03. The zero-order valence-corrected chi connectivity index (χ0v) is 12.5. The van der Waals surface area contributed by atoms with Gasteiger partial charge in [-0.1, -0.05) is 33.1 Å². The summed E-state index contributed by atoms with van der Waals surface area (Å²) in [6.45, 7) is 8.23. The number of likely N-dealkylation sites (N-methyl/N-ethyl adjacent to an activating group) is 1. The SMILES string of the molecule is CCCC(CNCC)N1CCCC1C1CCCC1. The van der Waals surface area contributed by atoms with E-state index in [1.807, 2.05) is 0 Å². The average molecular weight is 252 g/mol. The van der Waals surface area contributed by atoms with Gasteiger partial charge in [0.25, 0.3) is 0 Å². The van der Waals surface area contributed by atoms with Crippen molar-refractivity contribution in [1.82, 2.24) is 10.2 Å². The standard InChI is InChI=1S/C16H32N2/c1-3-8-15(13-17-4-2)18-12-7-11-16(18)14-9-5-6-10-14/h14-17H,3-13H2,1-2H3. The van der Waals surface area contributed by atoms with Crippen molar-refractivity contribution in [1.29, 1.82) is 0 Å². The molecule has 0 aromatic rings. The van der Waals surface area contributed by atoms with Crippen LogP contribution in [0.2, 0.25) is 0 Å². The van der Waals surface area contributed by atoms with E-state index in [4.69, 9.17) is 0 Å². The highest BCUT2D eigenvalue weighted by molar-refractivity contribution is 4.91. The number of rotatable bonds is 7. The Morgan fingerprint density at radius 3 is 2.56 bits per heavy atom. The maximum atomic E-state index is 3.58. The fourth-order valence-electron chi connectivity index (χ4n) is 4.15. The summed E-state index contributed by atoms with van der Waals surface area (Å²) < 4.78 is 0. The quantitative estimate of drug-likeness (QED) is 0.747. The lowest BCUT2D eigenvalue weighted by atomic mass is 9.94. The van der Waals surface area contributed by atoms with Gasteiger partial charge in [-0.3, -0.25) is 4.90 Å². The van der Waals surface area contributed by atoms with Gasteiger partial charge in [0, 0.05) is 18.6 Å². The van der Waals surface area contributed by atoms with Crippen molar-refractivity contribution in [2.24, 2.45) is 5.92 Å². The molecule has 0 spiro atoms. The van der Waals surface area contributed by atoms with E-state index in [2.05, 4.69) is 24.1 Å². The third-order valence-electron chi connectivity index (χ3n) is 5.01. The molecule has 1 aliphatic heterocycles. The lowest BCUT2D eigenvalue weighted by Gasteiger charge is -2.36. The van der Waals surface area contributed by atoms with Gasteiger partial charge >= 0.3 is 0 Å². The summed E-state index contributed by atoms with van der Waals surface area (Å²) in [5, 5.41) is 3.58. The molecule has 0 amide bonds. The second kappa shape index (κ2) is 7.49. The van der Waals surface area contributed by atoms with Crippen molar-refractivity contribution in [2.75, 3.05) is 19.6 Å². The Bertz CT molecular complexity index is 223. The normalized spacial score (nSPS) is 28.0. The monoisotopic (exact) mass is 252 g/mol. The summed E-state index contributed by atoms with van der Waals surface area (Å²) in [5.41, 5.74) is 0. The molecule has 2 aliphatic rings. The van der Waals surface area contributed by atoms with E-state index in [0.717, 1.165) is 24.5 Å². The predicted octanol–water partition coefficient (Wildman–Crippen LogP) is 3.42. The molecule has 1 heterocycles. The molecule has 2 fully saturated rings. The first-order chi connectivity index (χ1) is 8.86. The van der Waals surface area contributed by atoms with E-state index in [1.165, 1.54) is 64.5 Å². The summed E-state index contributed by atoms with van der Waals surface area (Å²) in [5.74, 6) is 1.02. The summed E-state index contributed by atoms with van der Waals surface area (Å²) in [6, 6.07) is 1.71. The topological polar surface area (TPSA) is 15.3 Å². The molecule has 2 unspecified atom stereocenters. The first-order valence-electron chi connectivity index (χ1n) is 8.33. The van der Waals surface area contributed by atoms with E-state index in [0.29, 0.717) is 0 Å². The lowest BCUT2D eigenvalue weighted by Crippen LogP contribution is -2.47. The van der Waals surface area contributed by atoms with E-state index in [-0.39, 0.29) is 0 Å². The smallest absolute Gasteiger partial charge is 0.0223 e. The molecule has 0 bridgehead atoms. The fourth-order valence-corrected chi connectivity index (χ4v) is 4.15. The zero-order chi connectivity index (χ0) is 12.8.